The molecule has 1 aliphatic heterocycles. The highest BCUT2D eigenvalue weighted by molar-refractivity contribution is 6.37. The second kappa shape index (κ2) is 11.2. The topological polar surface area (TPSA) is 163 Å². The molecule has 4 amide bonds. The minimum atomic E-state index is -0.928. The number of barbiturate groups is 1. The number of hydrogen-bond donors (Lipinski definition) is 2. The fourth-order valence-electron chi connectivity index (χ4n) is 3.79. The molecule has 1 saturated heterocycles. The van der Waals surface area contributed by atoms with Gasteiger partial charge in [0.05, 0.1) is 25.6 Å². The third-order valence-electron chi connectivity index (χ3n) is 5.60. The van der Waals surface area contributed by atoms with Gasteiger partial charge in [-0.1, -0.05) is 42.5 Å². The zero-order valence-electron chi connectivity index (χ0n) is 20.7. The van der Waals surface area contributed by atoms with Crippen molar-refractivity contribution < 1.29 is 29.0 Å². The van der Waals surface area contributed by atoms with E-state index in [0.717, 1.165) is 9.47 Å². The number of aromatic amines is 1. The van der Waals surface area contributed by atoms with Crippen LogP contribution in [-0.4, -0.2) is 41.6 Å². The van der Waals surface area contributed by atoms with Gasteiger partial charge in [-0.2, -0.15) is 0 Å². The first-order chi connectivity index (χ1) is 18.8. The Kier molecular flexibility index (Phi) is 7.57. The lowest BCUT2D eigenvalue weighted by Gasteiger charge is -2.27. The fraction of sp³-hybridized carbons (Fsp3) is 0.0741. The van der Waals surface area contributed by atoms with E-state index in [2.05, 4.69) is 10.3 Å². The summed E-state index contributed by atoms with van der Waals surface area (Å²) < 4.78 is 11.2. The molecule has 1 fully saturated rings. The van der Waals surface area contributed by atoms with Gasteiger partial charge in [-0.05, 0) is 42.3 Å². The van der Waals surface area contributed by atoms with Crippen LogP contribution in [0.2, 0.25) is 0 Å². The molecule has 0 radical (unpaired) electrons. The SMILES string of the molecule is COc1ccccc1N1C(=O)NC(=O)\C(=C/C=C/C=C/c2c([O-])n(-c3ccccc3OC)c(=O)[nH]c2=O)C1=O. The van der Waals surface area contributed by atoms with Gasteiger partial charge in [0.2, 0.25) is 0 Å². The number of carbonyl (C=O) groups is 3. The molecule has 4 rings (SSSR count). The molecule has 3 aromatic rings. The number of nitrogens with one attached hydrogen (secondary N) is 2. The molecule has 0 unspecified atom stereocenters. The molecule has 0 spiro atoms. The van der Waals surface area contributed by atoms with E-state index in [1.165, 1.54) is 56.7 Å². The molecule has 0 atom stereocenters. The molecule has 12 heteroatoms. The van der Waals surface area contributed by atoms with Crippen molar-refractivity contribution in [2.75, 3.05) is 19.1 Å². The lowest BCUT2D eigenvalue weighted by molar-refractivity contribution is -0.278. The van der Waals surface area contributed by atoms with Crippen LogP contribution in [0, 0.1) is 0 Å². The maximum Gasteiger partial charge on any atom is 0.336 e. The number of imide groups is 2. The van der Waals surface area contributed by atoms with Gasteiger partial charge < -0.3 is 14.6 Å². The third-order valence-corrected chi connectivity index (χ3v) is 5.60. The number of ether oxygens (including phenoxy) is 2. The summed E-state index contributed by atoms with van der Waals surface area (Å²) in [6.45, 7) is 0. The van der Waals surface area contributed by atoms with Crippen LogP contribution in [0.15, 0.2) is 88.0 Å². The Morgan fingerprint density at radius 1 is 0.821 bits per heavy atom. The van der Waals surface area contributed by atoms with Crippen LogP contribution in [0.1, 0.15) is 5.56 Å². The number of methoxy groups -OCH3 is 2. The molecule has 198 valence electrons. The Labute approximate surface area is 220 Å². The molecule has 0 aliphatic carbocycles. The lowest BCUT2D eigenvalue weighted by atomic mass is 10.1. The number of benzene rings is 2. The van der Waals surface area contributed by atoms with Gasteiger partial charge in [0.25, 0.3) is 17.4 Å². The van der Waals surface area contributed by atoms with Crippen molar-refractivity contribution in [1.82, 2.24) is 14.9 Å². The van der Waals surface area contributed by atoms with Gasteiger partial charge in [-0.3, -0.25) is 29.3 Å². The van der Waals surface area contributed by atoms with Crippen molar-refractivity contribution in [1.29, 1.82) is 0 Å². The zero-order chi connectivity index (χ0) is 28.1. The lowest BCUT2D eigenvalue weighted by Crippen LogP contribution is -2.54. The van der Waals surface area contributed by atoms with Gasteiger partial charge in [0.15, 0.2) is 0 Å². The first kappa shape index (κ1) is 26.4. The second-order valence-corrected chi connectivity index (χ2v) is 7.88. The molecule has 2 N–H and O–H groups in total. The fourth-order valence-corrected chi connectivity index (χ4v) is 3.79. The number of para-hydroxylation sites is 4. The number of rotatable bonds is 7. The van der Waals surface area contributed by atoms with Gasteiger partial charge in [0.1, 0.15) is 17.1 Å². The van der Waals surface area contributed by atoms with Crippen molar-refractivity contribution in [2.45, 2.75) is 0 Å². The largest absolute Gasteiger partial charge is 0.859 e. The standard InChI is InChI=1S/C27H22N4O8/c1-38-20-14-8-6-12-18(20)30-24(34)16(22(32)28-26(30)36)10-4-3-5-11-17-23(33)29-27(37)31(25(17)35)19-13-7-9-15-21(19)39-2/h3-15,34H,1-2H3,(H,28,32,36)(H,29,33,37)/p-1/b5-3+,10-4+,17-11+. The Hall–Kier alpha value is -5.65. The monoisotopic (exact) mass is 529 g/mol. The summed E-state index contributed by atoms with van der Waals surface area (Å²) >= 11 is 0. The van der Waals surface area contributed by atoms with Crippen LogP contribution in [0.3, 0.4) is 0 Å². The van der Waals surface area contributed by atoms with Crippen LogP contribution in [0.5, 0.6) is 17.4 Å². The Morgan fingerprint density at radius 2 is 1.44 bits per heavy atom. The highest BCUT2D eigenvalue weighted by Crippen LogP contribution is 2.30. The van der Waals surface area contributed by atoms with Crippen molar-refractivity contribution in [2.24, 2.45) is 0 Å². The van der Waals surface area contributed by atoms with Gasteiger partial charge in [0, 0.05) is 5.56 Å². The van der Waals surface area contributed by atoms with Gasteiger partial charge >= 0.3 is 11.7 Å². The summed E-state index contributed by atoms with van der Waals surface area (Å²) in [7, 11) is 2.76. The first-order valence-electron chi connectivity index (χ1n) is 11.4. The molecule has 2 aromatic carbocycles. The van der Waals surface area contributed by atoms with Gasteiger partial charge in [-0.25, -0.2) is 14.5 Å². The van der Waals surface area contributed by atoms with Crippen LogP contribution < -0.4 is 36.0 Å². The molecule has 1 aliphatic rings. The third kappa shape index (κ3) is 5.11. The Morgan fingerprint density at radius 3 is 2.10 bits per heavy atom. The number of anilines is 1. The van der Waals surface area contributed by atoms with Crippen molar-refractivity contribution in [3.63, 3.8) is 0 Å². The summed E-state index contributed by atoms with van der Waals surface area (Å²) in [6, 6.07) is 11.7. The predicted molar refractivity (Wildman–Crippen MR) is 139 cm³/mol. The smallest absolute Gasteiger partial charge is 0.336 e. The number of carbonyl (C=O) groups excluding carboxylic acids is 3. The van der Waals surface area contributed by atoms with E-state index < -0.39 is 35.0 Å². The number of amides is 4. The average molecular weight is 529 g/mol. The molecule has 0 bridgehead atoms. The van der Waals surface area contributed by atoms with Crippen molar-refractivity contribution >= 4 is 29.6 Å². The quantitative estimate of drug-likeness (QED) is 0.264. The highest BCUT2D eigenvalue weighted by atomic mass is 16.5. The second-order valence-electron chi connectivity index (χ2n) is 7.88. The van der Waals surface area contributed by atoms with E-state index >= 15 is 0 Å². The Balaban J connectivity index is 1.62. The van der Waals surface area contributed by atoms with E-state index in [-0.39, 0.29) is 34.0 Å². The number of aromatic nitrogens is 2. The first-order valence-corrected chi connectivity index (χ1v) is 11.4. The minimum absolute atomic E-state index is 0.150. The Bertz CT molecular complexity index is 1680. The molecule has 0 saturated carbocycles. The molecule has 12 nitrogen and oxygen atoms in total. The van der Waals surface area contributed by atoms with E-state index in [1.54, 1.807) is 36.4 Å². The van der Waals surface area contributed by atoms with E-state index in [9.17, 15) is 29.1 Å². The maximum absolute atomic E-state index is 13.0. The van der Waals surface area contributed by atoms with Crippen LogP contribution in [0.4, 0.5) is 10.5 Å². The minimum Gasteiger partial charge on any atom is -0.859 e. The molecule has 1 aromatic heterocycles. The predicted octanol–water partition coefficient (Wildman–Crippen LogP) is 1.40. The molecular formula is C27H21N4O8-. The summed E-state index contributed by atoms with van der Waals surface area (Å²) in [6.07, 6.45) is 6.33. The summed E-state index contributed by atoms with van der Waals surface area (Å²) in [5.41, 5.74) is -2.20. The summed E-state index contributed by atoms with van der Waals surface area (Å²) in [5.74, 6) is -2.14. The normalized spacial score (nSPS) is 14.9. The average Bonchev–Trinajstić information content (AvgIpc) is 2.92. The van der Waals surface area contributed by atoms with E-state index in [0.29, 0.717) is 0 Å². The number of H-pyrrole nitrogens is 1. The summed E-state index contributed by atoms with van der Waals surface area (Å²) in [5, 5.41) is 15.1. The number of allylic oxidation sites excluding steroid dienone is 4. The zero-order valence-corrected chi connectivity index (χ0v) is 20.7. The van der Waals surface area contributed by atoms with Crippen LogP contribution in [0.25, 0.3) is 11.8 Å². The number of nitrogens with zero attached hydrogens (tertiary/aromatic N) is 2. The van der Waals surface area contributed by atoms with Crippen molar-refractivity contribution in [3.05, 3.63) is 105 Å². The van der Waals surface area contributed by atoms with E-state index in [4.69, 9.17) is 9.47 Å². The highest BCUT2D eigenvalue weighted by Gasteiger charge is 2.37. The molecule has 39 heavy (non-hydrogen) atoms. The molecular weight excluding hydrogens is 508 g/mol. The number of hydrogen-bond acceptors (Lipinski definition) is 8. The van der Waals surface area contributed by atoms with Gasteiger partial charge in [-0.15, -0.1) is 0 Å². The molecule has 2 heterocycles. The maximum atomic E-state index is 13.0. The van der Waals surface area contributed by atoms with Crippen LogP contribution >= 0.6 is 0 Å². The number of urea groups is 1. The van der Waals surface area contributed by atoms with Crippen molar-refractivity contribution in [3.8, 4) is 23.1 Å². The van der Waals surface area contributed by atoms with Crippen LogP contribution in [-0.2, 0) is 9.59 Å². The van der Waals surface area contributed by atoms with E-state index in [1.807, 2.05) is 0 Å². The summed E-state index contributed by atoms with van der Waals surface area (Å²) in [4.78, 5) is 65.3.